The number of unbranched alkanes of at least 4 members (excludes halogenated alkanes) is 1. The standard InChI is InChI=1S/C38H46N6O2/c1-4-5-21-43(26-29-11-7-6-8-12-29)33-19-22-42(23-20-33)36(45)18-17-30-15-16-31(24-28(30)2)38(46)44-27-32-25-39-41(3)37(32)40-34-13-9-10-14-35(34)44/h6-16,24-25,33,40H,4-5,17-23,26-27H2,1-3H3. The van der Waals surface area contributed by atoms with E-state index in [0.717, 1.165) is 72.9 Å². The zero-order valence-electron chi connectivity index (χ0n) is 27.4. The maximum atomic E-state index is 13.9. The molecule has 1 saturated heterocycles. The van der Waals surface area contributed by atoms with E-state index in [2.05, 4.69) is 57.5 Å². The lowest BCUT2D eigenvalue weighted by molar-refractivity contribution is -0.132. The number of anilines is 3. The van der Waals surface area contributed by atoms with E-state index in [-0.39, 0.29) is 11.8 Å². The van der Waals surface area contributed by atoms with Crippen LogP contribution in [0.2, 0.25) is 0 Å². The smallest absolute Gasteiger partial charge is 0.258 e. The van der Waals surface area contributed by atoms with Gasteiger partial charge in [0, 0.05) is 50.3 Å². The largest absolute Gasteiger partial charge is 0.343 e. The molecule has 0 aliphatic carbocycles. The Morgan fingerprint density at radius 2 is 1.76 bits per heavy atom. The van der Waals surface area contributed by atoms with Gasteiger partial charge in [0.15, 0.2) is 0 Å². The summed E-state index contributed by atoms with van der Waals surface area (Å²) in [5.41, 5.74) is 6.82. The van der Waals surface area contributed by atoms with Gasteiger partial charge in [-0.2, -0.15) is 5.10 Å². The number of aromatic nitrogens is 2. The summed E-state index contributed by atoms with van der Waals surface area (Å²) in [5, 5.41) is 7.85. The third kappa shape index (κ3) is 7.02. The van der Waals surface area contributed by atoms with E-state index >= 15 is 0 Å². The second-order valence-electron chi connectivity index (χ2n) is 12.7. The lowest BCUT2D eigenvalue weighted by Crippen LogP contribution is -2.46. The first kappa shape index (κ1) is 31.5. The summed E-state index contributed by atoms with van der Waals surface area (Å²) in [6.45, 7) is 8.43. The quantitative estimate of drug-likeness (QED) is 0.210. The van der Waals surface area contributed by atoms with Crippen molar-refractivity contribution in [2.45, 2.75) is 71.5 Å². The number of carbonyl (C=O) groups is 2. The predicted molar refractivity (Wildman–Crippen MR) is 184 cm³/mol. The molecule has 0 radical (unpaired) electrons. The van der Waals surface area contributed by atoms with Gasteiger partial charge in [-0.25, -0.2) is 0 Å². The highest BCUT2D eigenvalue weighted by Gasteiger charge is 2.28. The second-order valence-corrected chi connectivity index (χ2v) is 12.7. The van der Waals surface area contributed by atoms with Crippen molar-refractivity contribution in [1.82, 2.24) is 19.6 Å². The number of amides is 2. The summed E-state index contributed by atoms with van der Waals surface area (Å²) in [5.74, 6) is 1.06. The van der Waals surface area contributed by atoms with Gasteiger partial charge in [0.05, 0.1) is 24.1 Å². The molecule has 1 aromatic heterocycles. The molecule has 2 aliphatic heterocycles. The fraction of sp³-hybridized carbons (Fsp3) is 0.395. The number of rotatable bonds is 10. The number of piperidine rings is 1. The summed E-state index contributed by atoms with van der Waals surface area (Å²) in [4.78, 5) is 33.7. The van der Waals surface area contributed by atoms with E-state index in [1.165, 1.54) is 18.4 Å². The molecule has 46 heavy (non-hydrogen) atoms. The normalized spacial score (nSPS) is 14.9. The number of para-hydroxylation sites is 2. The fourth-order valence-electron chi connectivity index (χ4n) is 6.85. The number of carbonyl (C=O) groups excluding carboxylic acids is 2. The molecule has 0 spiro atoms. The van der Waals surface area contributed by atoms with Crippen molar-refractivity contribution in [1.29, 1.82) is 0 Å². The van der Waals surface area contributed by atoms with Gasteiger partial charge < -0.3 is 15.1 Å². The minimum Gasteiger partial charge on any atom is -0.343 e. The first-order valence-corrected chi connectivity index (χ1v) is 16.7. The van der Waals surface area contributed by atoms with Gasteiger partial charge in [-0.15, -0.1) is 0 Å². The van der Waals surface area contributed by atoms with Crippen molar-refractivity contribution in [3.63, 3.8) is 0 Å². The fourth-order valence-corrected chi connectivity index (χ4v) is 6.85. The number of aryl methyl sites for hydroxylation is 3. The molecule has 2 amide bonds. The van der Waals surface area contributed by atoms with Crippen molar-refractivity contribution in [2.24, 2.45) is 7.05 Å². The third-order valence-electron chi connectivity index (χ3n) is 9.59. The van der Waals surface area contributed by atoms with Crippen LogP contribution >= 0.6 is 0 Å². The van der Waals surface area contributed by atoms with E-state index in [0.29, 0.717) is 31.0 Å². The maximum absolute atomic E-state index is 13.9. The van der Waals surface area contributed by atoms with E-state index in [4.69, 9.17) is 0 Å². The van der Waals surface area contributed by atoms with Gasteiger partial charge >= 0.3 is 0 Å². The molecular weight excluding hydrogens is 572 g/mol. The van der Waals surface area contributed by atoms with Crippen molar-refractivity contribution < 1.29 is 9.59 Å². The van der Waals surface area contributed by atoms with Gasteiger partial charge in [-0.05, 0) is 80.1 Å². The minimum atomic E-state index is -0.0557. The Bertz CT molecular complexity index is 1660. The van der Waals surface area contributed by atoms with Gasteiger partial charge in [0.25, 0.3) is 5.91 Å². The average Bonchev–Trinajstić information content (AvgIpc) is 3.33. The van der Waals surface area contributed by atoms with Crippen molar-refractivity contribution in [2.75, 3.05) is 29.9 Å². The molecule has 0 saturated carbocycles. The topological polar surface area (TPSA) is 73.7 Å². The van der Waals surface area contributed by atoms with Gasteiger partial charge in [-0.1, -0.05) is 61.9 Å². The molecule has 3 aromatic carbocycles. The van der Waals surface area contributed by atoms with Crippen LogP contribution in [-0.2, 0) is 31.4 Å². The zero-order valence-corrected chi connectivity index (χ0v) is 27.4. The van der Waals surface area contributed by atoms with Crippen LogP contribution in [0.15, 0.2) is 79.0 Å². The Balaban J connectivity index is 1.06. The SMILES string of the molecule is CCCCN(Cc1ccccc1)C1CCN(C(=O)CCc2ccc(C(=O)N3Cc4cnn(C)c4Nc4ccccc43)cc2C)CC1. The van der Waals surface area contributed by atoms with Crippen molar-refractivity contribution in [3.8, 4) is 0 Å². The summed E-state index contributed by atoms with van der Waals surface area (Å²) in [6.07, 6.45) is 7.40. The molecule has 0 bridgehead atoms. The zero-order chi connectivity index (χ0) is 32.0. The molecule has 2 aliphatic rings. The summed E-state index contributed by atoms with van der Waals surface area (Å²) < 4.78 is 1.80. The molecular formula is C38H46N6O2. The van der Waals surface area contributed by atoms with Gasteiger partial charge in [0.1, 0.15) is 5.82 Å². The minimum absolute atomic E-state index is 0.0557. The Hall–Kier alpha value is -4.43. The molecule has 1 N–H and O–H groups in total. The number of nitrogens with one attached hydrogen (secondary N) is 1. The number of hydrogen-bond donors (Lipinski definition) is 1. The van der Waals surface area contributed by atoms with E-state index in [1.807, 2.05) is 67.5 Å². The molecule has 8 nitrogen and oxygen atoms in total. The summed E-state index contributed by atoms with van der Waals surface area (Å²) in [6, 6.07) is 25.0. The molecule has 6 rings (SSSR count). The Morgan fingerprint density at radius 3 is 2.52 bits per heavy atom. The van der Waals surface area contributed by atoms with Crippen LogP contribution in [0.25, 0.3) is 0 Å². The number of fused-ring (bicyclic) bond motifs is 2. The number of hydrogen-bond acceptors (Lipinski definition) is 5. The van der Waals surface area contributed by atoms with E-state index in [9.17, 15) is 9.59 Å². The first-order valence-electron chi connectivity index (χ1n) is 16.7. The Labute approximate surface area is 273 Å². The van der Waals surface area contributed by atoms with E-state index < -0.39 is 0 Å². The highest BCUT2D eigenvalue weighted by atomic mass is 16.2. The molecule has 0 atom stereocenters. The number of benzene rings is 3. The van der Waals surface area contributed by atoms with Crippen LogP contribution in [0.4, 0.5) is 17.2 Å². The average molecular weight is 619 g/mol. The molecule has 4 aromatic rings. The van der Waals surface area contributed by atoms with Gasteiger partial charge in [-0.3, -0.25) is 19.2 Å². The van der Waals surface area contributed by atoms with Crippen LogP contribution in [0.1, 0.15) is 71.6 Å². The van der Waals surface area contributed by atoms with Gasteiger partial charge in [0.2, 0.25) is 5.91 Å². The van der Waals surface area contributed by atoms with Crippen LogP contribution < -0.4 is 10.2 Å². The van der Waals surface area contributed by atoms with Crippen LogP contribution in [0.3, 0.4) is 0 Å². The number of nitrogens with zero attached hydrogens (tertiary/aromatic N) is 5. The molecule has 8 heteroatoms. The first-order chi connectivity index (χ1) is 22.4. The Kier molecular flexibility index (Phi) is 9.83. The monoisotopic (exact) mass is 618 g/mol. The van der Waals surface area contributed by atoms with Crippen LogP contribution in [-0.4, -0.2) is 57.1 Å². The van der Waals surface area contributed by atoms with Crippen LogP contribution in [0, 0.1) is 6.92 Å². The third-order valence-corrected chi connectivity index (χ3v) is 9.59. The second kappa shape index (κ2) is 14.3. The maximum Gasteiger partial charge on any atom is 0.258 e. The molecule has 240 valence electrons. The molecule has 3 heterocycles. The summed E-state index contributed by atoms with van der Waals surface area (Å²) in [7, 11) is 1.90. The summed E-state index contributed by atoms with van der Waals surface area (Å²) >= 11 is 0. The lowest BCUT2D eigenvalue weighted by atomic mass is 9.98. The Morgan fingerprint density at radius 1 is 1.00 bits per heavy atom. The predicted octanol–water partition coefficient (Wildman–Crippen LogP) is 6.86. The van der Waals surface area contributed by atoms with Crippen molar-refractivity contribution >= 4 is 29.0 Å². The number of likely N-dealkylation sites (tertiary alicyclic amines) is 1. The van der Waals surface area contributed by atoms with Crippen molar-refractivity contribution in [3.05, 3.63) is 107 Å². The highest BCUT2D eigenvalue weighted by molar-refractivity contribution is 6.08. The highest BCUT2D eigenvalue weighted by Crippen LogP contribution is 2.36. The molecule has 1 fully saturated rings. The lowest BCUT2D eigenvalue weighted by Gasteiger charge is -2.39. The van der Waals surface area contributed by atoms with Crippen LogP contribution in [0.5, 0.6) is 0 Å². The molecule has 0 unspecified atom stereocenters. The van der Waals surface area contributed by atoms with E-state index in [1.54, 1.807) is 4.68 Å².